The van der Waals surface area contributed by atoms with E-state index in [1.165, 1.54) is 161 Å². The molecule has 0 aliphatic carbocycles. The summed E-state index contributed by atoms with van der Waals surface area (Å²) < 4.78 is 5.44. The fraction of sp³-hybridized carbons (Fsp3) is 0.971. The van der Waals surface area contributed by atoms with E-state index in [0.29, 0.717) is 13.0 Å². The third-order valence-corrected chi connectivity index (χ3v) is 8.05. The summed E-state index contributed by atoms with van der Waals surface area (Å²) in [4.78, 5) is 11.9. The van der Waals surface area contributed by atoms with Crippen LogP contribution in [0.5, 0.6) is 0 Å². The lowest BCUT2D eigenvalue weighted by molar-refractivity contribution is -0.143. The van der Waals surface area contributed by atoms with E-state index in [-0.39, 0.29) is 5.97 Å². The van der Waals surface area contributed by atoms with E-state index in [0.717, 1.165) is 18.8 Å². The molecule has 0 aromatic carbocycles. The molecule has 2 heteroatoms. The first-order valence-corrected chi connectivity index (χ1v) is 16.9. The summed E-state index contributed by atoms with van der Waals surface area (Å²) >= 11 is 0. The van der Waals surface area contributed by atoms with E-state index >= 15 is 0 Å². The molecule has 0 aromatic heterocycles. The van der Waals surface area contributed by atoms with Crippen molar-refractivity contribution in [2.24, 2.45) is 5.92 Å². The van der Waals surface area contributed by atoms with Crippen molar-refractivity contribution in [3.63, 3.8) is 0 Å². The van der Waals surface area contributed by atoms with Crippen LogP contribution in [0, 0.1) is 5.92 Å². The maximum absolute atomic E-state index is 11.9. The van der Waals surface area contributed by atoms with Crippen molar-refractivity contribution < 1.29 is 9.53 Å². The van der Waals surface area contributed by atoms with E-state index in [2.05, 4.69) is 20.8 Å². The van der Waals surface area contributed by atoms with Crippen LogP contribution in [0.25, 0.3) is 0 Å². The Kier molecular flexibility index (Phi) is 30.2. The number of carbonyl (C=O) groups is 1. The smallest absolute Gasteiger partial charge is 0.305 e. The minimum atomic E-state index is 0.0253. The lowest BCUT2D eigenvalue weighted by Gasteiger charge is -2.14. The molecule has 36 heavy (non-hydrogen) atoms. The Balaban J connectivity index is 3.30. The summed E-state index contributed by atoms with van der Waals surface area (Å²) in [5, 5.41) is 0. The molecule has 0 amide bonds. The molecule has 0 saturated carbocycles. The fourth-order valence-corrected chi connectivity index (χ4v) is 5.38. The van der Waals surface area contributed by atoms with E-state index in [1.807, 2.05) is 0 Å². The van der Waals surface area contributed by atoms with Crippen LogP contribution in [-0.4, -0.2) is 12.6 Å². The second-order valence-electron chi connectivity index (χ2n) is 11.6. The van der Waals surface area contributed by atoms with Crippen LogP contribution >= 0.6 is 0 Å². The van der Waals surface area contributed by atoms with Crippen molar-refractivity contribution in [3.05, 3.63) is 0 Å². The molecular formula is C34H68O2. The molecule has 2 nitrogen and oxygen atoms in total. The molecule has 0 bridgehead atoms. The lowest BCUT2D eigenvalue weighted by Crippen LogP contribution is -2.05. The number of unbranched alkanes of at least 4 members (excludes halogenated alkanes) is 21. The quantitative estimate of drug-likeness (QED) is 0.0712. The minimum absolute atomic E-state index is 0.0253. The van der Waals surface area contributed by atoms with Crippen molar-refractivity contribution in [1.82, 2.24) is 0 Å². The van der Waals surface area contributed by atoms with Gasteiger partial charge in [0.15, 0.2) is 0 Å². The van der Waals surface area contributed by atoms with E-state index in [9.17, 15) is 4.79 Å². The molecule has 216 valence electrons. The van der Waals surface area contributed by atoms with Gasteiger partial charge in [0.05, 0.1) is 6.61 Å². The van der Waals surface area contributed by atoms with Gasteiger partial charge < -0.3 is 4.74 Å². The minimum Gasteiger partial charge on any atom is -0.466 e. The third-order valence-electron chi connectivity index (χ3n) is 8.05. The van der Waals surface area contributed by atoms with Gasteiger partial charge in [-0.2, -0.15) is 0 Å². The number of esters is 1. The zero-order chi connectivity index (χ0) is 26.4. The maximum atomic E-state index is 11.9. The highest BCUT2D eigenvalue weighted by molar-refractivity contribution is 5.69. The van der Waals surface area contributed by atoms with Crippen LogP contribution in [0.1, 0.15) is 201 Å². The van der Waals surface area contributed by atoms with Crippen LogP contribution in [-0.2, 0) is 9.53 Å². The Morgan fingerprint density at radius 3 is 1.25 bits per heavy atom. The highest BCUT2D eigenvalue weighted by Crippen LogP contribution is 2.22. The molecule has 1 atom stereocenters. The van der Waals surface area contributed by atoms with Crippen LogP contribution < -0.4 is 0 Å². The fourth-order valence-electron chi connectivity index (χ4n) is 5.38. The summed E-state index contributed by atoms with van der Waals surface area (Å²) in [5.41, 5.74) is 0. The van der Waals surface area contributed by atoms with Crippen LogP contribution in [0.3, 0.4) is 0 Å². The second-order valence-corrected chi connectivity index (χ2v) is 11.6. The number of ether oxygens (including phenoxy) is 1. The predicted molar refractivity (Wildman–Crippen MR) is 161 cm³/mol. The summed E-state index contributed by atoms with van der Waals surface area (Å²) in [6, 6.07) is 0. The van der Waals surface area contributed by atoms with Gasteiger partial charge >= 0.3 is 5.97 Å². The Bertz CT molecular complexity index is 419. The standard InChI is InChI=1S/C34H68O2/c1-4-7-9-11-13-14-15-16-19-23-27-31-34(35)36-32-28-24-20-17-18-22-26-30-33(6-3)29-25-21-12-10-8-5-2/h33H,4-32H2,1-3H3. The van der Waals surface area contributed by atoms with Gasteiger partial charge in [0.2, 0.25) is 0 Å². The number of rotatable bonds is 30. The molecule has 0 saturated heterocycles. The highest BCUT2D eigenvalue weighted by atomic mass is 16.5. The second kappa shape index (κ2) is 30.7. The molecule has 0 heterocycles. The van der Waals surface area contributed by atoms with Crippen LogP contribution in [0.4, 0.5) is 0 Å². The van der Waals surface area contributed by atoms with Gasteiger partial charge in [-0.05, 0) is 18.8 Å². The molecule has 0 N–H and O–H groups in total. The number of carbonyl (C=O) groups excluding carboxylic acids is 1. The molecule has 0 fully saturated rings. The zero-order valence-electron chi connectivity index (χ0n) is 25.4. The SMILES string of the molecule is CCCCCCCCCCCCCC(=O)OCCCCCCCCCC(CC)CCCCCCCC. The first-order chi connectivity index (χ1) is 17.7. The van der Waals surface area contributed by atoms with Crippen molar-refractivity contribution in [3.8, 4) is 0 Å². The highest BCUT2D eigenvalue weighted by Gasteiger charge is 2.06. The topological polar surface area (TPSA) is 26.3 Å². The number of hydrogen-bond donors (Lipinski definition) is 0. The van der Waals surface area contributed by atoms with Crippen molar-refractivity contribution in [1.29, 1.82) is 0 Å². The first-order valence-electron chi connectivity index (χ1n) is 16.9. The van der Waals surface area contributed by atoms with Crippen LogP contribution in [0.15, 0.2) is 0 Å². The molecular weight excluding hydrogens is 440 g/mol. The lowest BCUT2D eigenvalue weighted by atomic mass is 9.92. The number of hydrogen-bond acceptors (Lipinski definition) is 2. The molecule has 0 radical (unpaired) electrons. The monoisotopic (exact) mass is 509 g/mol. The molecule has 0 aliphatic rings. The predicted octanol–water partition coefficient (Wildman–Crippen LogP) is 12.1. The van der Waals surface area contributed by atoms with Crippen molar-refractivity contribution in [2.45, 2.75) is 201 Å². The zero-order valence-corrected chi connectivity index (χ0v) is 25.4. The van der Waals surface area contributed by atoms with Gasteiger partial charge in [0.25, 0.3) is 0 Å². The Morgan fingerprint density at radius 2 is 0.833 bits per heavy atom. The first kappa shape index (κ1) is 35.5. The Hall–Kier alpha value is -0.530. The van der Waals surface area contributed by atoms with Crippen molar-refractivity contribution in [2.75, 3.05) is 6.61 Å². The molecule has 0 aromatic rings. The van der Waals surface area contributed by atoms with Gasteiger partial charge in [0.1, 0.15) is 0 Å². The molecule has 1 unspecified atom stereocenters. The van der Waals surface area contributed by atoms with Gasteiger partial charge in [0, 0.05) is 6.42 Å². The molecule has 0 aliphatic heterocycles. The maximum Gasteiger partial charge on any atom is 0.305 e. The average molecular weight is 509 g/mol. The summed E-state index contributed by atoms with van der Waals surface area (Å²) in [6.45, 7) is 7.59. The third kappa shape index (κ3) is 28.0. The van der Waals surface area contributed by atoms with Gasteiger partial charge in [-0.3, -0.25) is 4.79 Å². The van der Waals surface area contributed by atoms with E-state index in [4.69, 9.17) is 4.74 Å². The normalized spacial score (nSPS) is 12.2. The van der Waals surface area contributed by atoms with Crippen molar-refractivity contribution >= 4 is 5.97 Å². The van der Waals surface area contributed by atoms with Gasteiger partial charge in [-0.15, -0.1) is 0 Å². The van der Waals surface area contributed by atoms with E-state index in [1.54, 1.807) is 0 Å². The largest absolute Gasteiger partial charge is 0.466 e. The summed E-state index contributed by atoms with van der Waals surface area (Å²) in [6.07, 6.45) is 37.1. The average Bonchev–Trinajstić information content (AvgIpc) is 2.89. The van der Waals surface area contributed by atoms with E-state index < -0.39 is 0 Å². The molecule has 0 rings (SSSR count). The van der Waals surface area contributed by atoms with Crippen LogP contribution in [0.2, 0.25) is 0 Å². The summed E-state index contributed by atoms with van der Waals surface area (Å²) in [5.74, 6) is 0.994. The van der Waals surface area contributed by atoms with Gasteiger partial charge in [-0.25, -0.2) is 0 Å². The van der Waals surface area contributed by atoms with Gasteiger partial charge in [-0.1, -0.05) is 181 Å². The summed E-state index contributed by atoms with van der Waals surface area (Å²) in [7, 11) is 0. The Morgan fingerprint density at radius 1 is 0.472 bits per heavy atom. The Labute approximate surface area is 228 Å². The molecule has 0 spiro atoms.